The molecule has 1 aromatic carbocycles. The molecular formula is C24H28F3N3O6. The molecule has 12 heteroatoms. The number of nitrogens with one attached hydrogen (secondary N) is 1. The van der Waals surface area contributed by atoms with E-state index in [1.165, 1.54) is 10.6 Å². The number of ether oxygens (including phenoxy) is 1. The van der Waals surface area contributed by atoms with Gasteiger partial charge >= 0.3 is 18.2 Å². The highest BCUT2D eigenvalue weighted by molar-refractivity contribution is 5.94. The first-order valence-corrected chi connectivity index (χ1v) is 11.0. The molecular weight excluding hydrogens is 483 g/mol. The maximum absolute atomic E-state index is 12.6. The number of hydrogen-bond acceptors (Lipinski definition) is 5. The quantitative estimate of drug-likeness (QED) is 0.650. The molecule has 196 valence electrons. The Morgan fingerprint density at radius 3 is 2.19 bits per heavy atom. The first-order chi connectivity index (χ1) is 16.7. The van der Waals surface area contributed by atoms with Crippen LogP contribution < -0.4 is 10.9 Å². The van der Waals surface area contributed by atoms with Crippen LogP contribution in [-0.2, 0) is 9.53 Å². The van der Waals surface area contributed by atoms with Crippen LogP contribution in [0.3, 0.4) is 0 Å². The van der Waals surface area contributed by atoms with Gasteiger partial charge in [-0.2, -0.15) is 13.2 Å². The maximum Gasteiger partial charge on any atom is 0.490 e. The average Bonchev–Trinajstić information content (AvgIpc) is 2.78. The summed E-state index contributed by atoms with van der Waals surface area (Å²) in [6.07, 6.45) is -2.14. The van der Waals surface area contributed by atoms with Gasteiger partial charge in [0.25, 0.3) is 11.5 Å². The van der Waals surface area contributed by atoms with Gasteiger partial charge in [0.05, 0.1) is 0 Å². The Morgan fingerprint density at radius 1 is 1.06 bits per heavy atom. The fourth-order valence-electron chi connectivity index (χ4n) is 3.27. The van der Waals surface area contributed by atoms with E-state index >= 15 is 0 Å². The van der Waals surface area contributed by atoms with Crippen LogP contribution in [0.4, 0.5) is 18.0 Å². The van der Waals surface area contributed by atoms with E-state index < -0.39 is 17.7 Å². The summed E-state index contributed by atoms with van der Waals surface area (Å²) < 4.78 is 38.7. The van der Waals surface area contributed by atoms with E-state index in [1.54, 1.807) is 47.5 Å². The normalized spacial score (nSPS) is 15.8. The molecule has 2 amide bonds. The number of likely N-dealkylation sites (tertiary alicyclic amines) is 1. The summed E-state index contributed by atoms with van der Waals surface area (Å²) in [6, 6.07) is 11.7. The second-order valence-electron chi connectivity index (χ2n) is 9.00. The van der Waals surface area contributed by atoms with E-state index in [4.69, 9.17) is 14.6 Å². The maximum atomic E-state index is 12.6. The molecule has 36 heavy (non-hydrogen) atoms. The molecule has 0 aliphatic carbocycles. The highest BCUT2D eigenvalue weighted by Crippen LogP contribution is 2.16. The largest absolute Gasteiger partial charge is 0.490 e. The minimum absolute atomic E-state index is 0.125. The Morgan fingerprint density at radius 2 is 1.67 bits per heavy atom. The average molecular weight is 511 g/mol. The number of hydrogen-bond donors (Lipinski definition) is 2. The molecule has 1 atom stereocenters. The zero-order valence-electron chi connectivity index (χ0n) is 20.0. The highest BCUT2D eigenvalue weighted by atomic mass is 19.4. The van der Waals surface area contributed by atoms with Gasteiger partial charge in [0.2, 0.25) is 0 Å². The number of halogens is 3. The number of carbonyl (C=O) groups excluding carboxylic acids is 2. The number of carbonyl (C=O) groups is 3. The number of aliphatic carboxylic acids is 1. The van der Waals surface area contributed by atoms with Gasteiger partial charge in [0, 0.05) is 42.6 Å². The minimum Gasteiger partial charge on any atom is -0.475 e. The van der Waals surface area contributed by atoms with Crippen LogP contribution in [0.5, 0.6) is 0 Å². The molecule has 2 N–H and O–H groups in total. The molecule has 1 aliphatic rings. The van der Waals surface area contributed by atoms with Gasteiger partial charge in [-0.25, -0.2) is 9.59 Å². The number of alkyl halides is 3. The SMILES string of the molecule is CC(C)(C)OC(=O)N1CCCC(NC(=O)c2ccc(-n3ccccc3=O)cc2)C1.O=C(O)C(F)(F)F. The van der Waals surface area contributed by atoms with Crippen LogP contribution in [0, 0.1) is 0 Å². The number of carboxylic acid groups (broad SMARTS) is 1. The molecule has 3 rings (SSSR count). The number of aromatic nitrogens is 1. The van der Waals surface area contributed by atoms with E-state index in [2.05, 4.69) is 5.32 Å². The van der Waals surface area contributed by atoms with Crippen molar-refractivity contribution in [3.8, 4) is 5.69 Å². The standard InChI is InChI=1S/C22H27N3O4.C2HF3O2/c1-22(2,3)29-21(28)24-13-6-7-17(15-24)23-20(27)16-9-11-18(12-10-16)25-14-5-4-8-19(25)26;3-2(4,5)1(6)7/h4-5,8-12,14,17H,6-7,13,15H2,1-3H3,(H,23,27);(H,6,7). The molecule has 0 spiro atoms. The summed E-state index contributed by atoms with van der Waals surface area (Å²) in [5, 5.41) is 10.1. The summed E-state index contributed by atoms with van der Waals surface area (Å²) in [6.45, 7) is 6.56. The minimum atomic E-state index is -5.08. The van der Waals surface area contributed by atoms with Gasteiger partial charge in [-0.05, 0) is 63.9 Å². The Balaban J connectivity index is 0.000000572. The third-order valence-electron chi connectivity index (χ3n) is 4.88. The van der Waals surface area contributed by atoms with Gasteiger partial charge in [0.1, 0.15) is 5.60 Å². The van der Waals surface area contributed by atoms with Crippen molar-refractivity contribution in [3.05, 3.63) is 64.6 Å². The van der Waals surface area contributed by atoms with Crippen molar-refractivity contribution < 1.29 is 37.4 Å². The molecule has 9 nitrogen and oxygen atoms in total. The van der Waals surface area contributed by atoms with Crippen molar-refractivity contribution in [2.24, 2.45) is 0 Å². The number of benzene rings is 1. The Labute approximate surface area is 205 Å². The van der Waals surface area contributed by atoms with Gasteiger partial charge in [-0.1, -0.05) is 6.07 Å². The first kappa shape index (κ1) is 28.4. The predicted molar refractivity (Wildman–Crippen MR) is 124 cm³/mol. The van der Waals surface area contributed by atoms with Gasteiger partial charge in [0.15, 0.2) is 0 Å². The molecule has 2 heterocycles. The third kappa shape index (κ3) is 8.75. The fourth-order valence-corrected chi connectivity index (χ4v) is 3.27. The number of carboxylic acids is 1. The molecule has 1 saturated heterocycles. The summed E-state index contributed by atoms with van der Waals surface area (Å²) in [5.41, 5.74) is 0.526. The first-order valence-electron chi connectivity index (χ1n) is 11.0. The highest BCUT2D eigenvalue weighted by Gasteiger charge is 2.38. The predicted octanol–water partition coefficient (Wildman–Crippen LogP) is 3.60. The zero-order chi connectivity index (χ0) is 27.1. The monoisotopic (exact) mass is 511 g/mol. The third-order valence-corrected chi connectivity index (χ3v) is 4.88. The van der Waals surface area contributed by atoms with Crippen molar-refractivity contribution in [2.75, 3.05) is 13.1 Å². The molecule has 1 unspecified atom stereocenters. The van der Waals surface area contributed by atoms with Crippen LogP contribution >= 0.6 is 0 Å². The van der Waals surface area contributed by atoms with Crippen molar-refractivity contribution >= 4 is 18.0 Å². The van der Waals surface area contributed by atoms with Gasteiger partial charge in [-0.3, -0.25) is 14.2 Å². The smallest absolute Gasteiger partial charge is 0.475 e. The van der Waals surface area contributed by atoms with E-state index in [9.17, 15) is 27.6 Å². The molecule has 0 saturated carbocycles. The van der Waals surface area contributed by atoms with E-state index in [1.807, 2.05) is 20.8 Å². The van der Waals surface area contributed by atoms with Crippen LogP contribution in [0.2, 0.25) is 0 Å². The van der Waals surface area contributed by atoms with Crippen molar-refractivity contribution in [1.82, 2.24) is 14.8 Å². The molecule has 0 bridgehead atoms. The van der Waals surface area contributed by atoms with Crippen LogP contribution in [0.1, 0.15) is 44.0 Å². The van der Waals surface area contributed by atoms with Crippen LogP contribution in [-0.4, -0.2) is 63.5 Å². The molecule has 1 fully saturated rings. The van der Waals surface area contributed by atoms with Crippen molar-refractivity contribution in [3.63, 3.8) is 0 Å². The Hall–Kier alpha value is -3.83. The summed E-state index contributed by atoms with van der Waals surface area (Å²) >= 11 is 0. The Bertz CT molecular complexity index is 1120. The van der Waals surface area contributed by atoms with E-state index in [-0.39, 0.29) is 23.6 Å². The summed E-state index contributed by atoms with van der Waals surface area (Å²) in [7, 11) is 0. The summed E-state index contributed by atoms with van der Waals surface area (Å²) in [4.78, 5) is 47.4. The second-order valence-corrected chi connectivity index (χ2v) is 9.00. The lowest BCUT2D eigenvalue weighted by Crippen LogP contribution is -2.50. The van der Waals surface area contributed by atoms with Gasteiger partial charge < -0.3 is 20.1 Å². The number of piperidine rings is 1. The summed E-state index contributed by atoms with van der Waals surface area (Å²) in [5.74, 6) is -2.96. The number of rotatable bonds is 3. The number of amides is 2. The Kier molecular flexibility index (Phi) is 9.26. The zero-order valence-corrected chi connectivity index (χ0v) is 20.0. The van der Waals surface area contributed by atoms with E-state index in [0.717, 1.165) is 12.8 Å². The lowest BCUT2D eigenvalue weighted by molar-refractivity contribution is -0.192. The molecule has 1 aromatic heterocycles. The lowest BCUT2D eigenvalue weighted by Gasteiger charge is -2.34. The lowest BCUT2D eigenvalue weighted by atomic mass is 10.1. The van der Waals surface area contributed by atoms with Gasteiger partial charge in [-0.15, -0.1) is 0 Å². The molecule has 2 aromatic rings. The van der Waals surface area contributed by atoms with Crippen molar-refractivity contribution in [1.29, 1.82) is 0 Å². The van der Waals surface area contributed by atoms with E-state index in [0.29, 0.717) is 24.3 Å². The van der Waals surface area contributed by atoms with Crippen molar-refractivity contribution in [2.45, 2.75) is 51.4 Å². The molecule has 0 radical (unpaired) electrons. The number of pyridine rings is 1. The number of nitrogens with zero attached hydrogens (tertiary/aromatic N) is 2. The fraction of sp³-hybridized carbons (Fsp3) is 0.417. The van der Waals surface area contributed by atoms with Crippen LogP contribution in [0.15, 0.2) is 53.5 Å². The topological polar surface area (TPSA) is 118 Å². The van der Waals surface area contributed by atoms with Crippen LogP contribution in [0.25, 0.3) is 5.69 Å². The second kappa shape index (κ2) is 11.7. The molecule has 1 aliphatic heterocycles.